The number of piperidine rings is 1. The van der Waals surface area contributed by atoms with Crippen molar-refractivity contribution in [2.75, 3.05) is 12.3 Å². The molecule has 3 aromatic rings. The highest BCUT2D eigenvalue weighted by Crippen LogP contribution is 2.48. The van der Waals surface area contributed by atoms with Crippen molar-refractivity contribution >= 4 is 11.7 Å². The average Bonchev–Trinajstić information content (AvgIpc) is 3.10. The van der Waals surface area contributed by atoms with E-state index < -0.39 is 0 Å². The number of hydrogen-bond acceptors (Lipinski definition) is 6. The third-order valence-corrected chi connectivity index (χ3v) is 7.34. The van der Waals surface area contributed by atoms with Gasteiger partial charge in [0, 0.05) is 31.4 Å². The molecule has 170 valence electrons. The van der Waals surface area contributed by atoms with E-state index in [1.54, 1.807) is 23.3 Å². The first-order valence-corrected chi connectivity index (χ1v) is 11.6. The lowest BCUT2D eigenvalue weighted by atomic mass is 10.1. The quantitative estimate of drug-likeness (QED) is 0.537. The number of aliphatic hydroxyl groups excluding tert-OH is 1. The van der Waals surface area contributed by atoms with Crippen molar-refractivity contribution < 1.29 is 9.90 Å². The van der Waals surface area contributed by atoms with Crippen molar-refractivity contribution in [3.05, 3.63) is 76.7 Å². The molecule has 1 saturated carbocycles. The molecule has 1 amide bonds. The summed E-state index contributed by atoms with van der Waals surface area (Å²) in [5.74, 6) is 1.61. The molecule has 8 nitrogen and oxygen atoms in total. The first-order valence-electron chi connectivity index (χ1n) is 11.6. The zero-order chi connectivity index (χ0) is 22.5. The molecule has 6 rings (SSSR count). The minimum absolute atomic E-state index is 0.0475. The molecule has 1 aromatic carbocycles. The maximum atomic E-state index is 12.8. The zero-order valence-electron chi connectivity index (χ0n) is 18.4. The summed E-state index contributed by atoms with van der Waals surface area (Å²) in [6.07, 6.45) is 7.64. The number of aliphatic hydroxyl groups is 1. The third kappa shape index (κ3) is 3.89. The van der Waals surface area contributed by atoms with E-state index >= 15 is 0 Å². The number of nitrogen functional groups attached to an aromatic ring is 1. The van der Waals surface area contributed by atoms with E-state index in [0.29, 0.717) is 29.8 Å². The van der Waals surface area contributed by atoms with Crippen LogP contribution in [-0.4, -0.2) is 43.5 Å². The van der Waals surface area contributed by atoms with Crippen LogP contribution in [0.1, 0.15) is 51.5 Å². The van der Waals surface area contributed by atoms with Gasteiger partial charge < -0.3 is 16.2 Å². The summed E-state index contributed by atoms with van der Waals surface area (Å²) in [6.45, 7) is 2.38. The van der Waals surface area contributed by atoms with E-state index in [0.717, 1.165) is 42.6 Å². The Balaban J connectivity index is 1.06. The minimum Gasteiger partial charge on any atom is -0.383 e. The topological polar surface area (TPSA) is 109 Å². The molecule has 0 bridgehead atoms. The van der Waals surface area contributed by atoms with E-state index in [4.69, 9.17) is 5.73 Å². The summed E-state index contributed by atoms with van der Waals surface area (Å²) in [7, 11) is 0. The number of hydrogen-bond donors (Lipinski definition) is 3. The lowest BCUT2D eigenvalue weighted by Crippen LogP contribution is -2.32. The number of fused-ring (bicyclic) bond motifs is 2. The number of nitrogens with one attached hydrogen (secondary N) is 1. The standard InChI is InChI=1S/C25H28N6O2/c26-23-20-5-6-22(19(20)7-8-27-23)29-24(32)18-10-28-31(14-18)12-16-3-1-15(2-4-16)11-30-13-17-9-21(17)25(30)33/h1-4,7-8,10,14,17,21-22,25,33H,5-6,9,11-13H2,(H2,26,27)(H,29,32). The molecule has 3 aliphatic rings. The smallest absolute Gasteiger partial charge is 0.254 e. The highest BCUT2D eigenvalue weighted by Gasteiger charge is 2.51. The van der Waals surface area contributed by atoms with Crippen molar-refractivity contribution in [3.63, 3.8) is 0 Å². The number of aromatic nitrogens is 3. The predicted octanol–water partition coefficient (Wildman–Crippen LogP) is 2.10. The monoisotopic (exact) mass is 444 g/mol. The molecule has 8 heteroatoms. The van der Waals surface area contributed by atoms with Gasteiger partial charge in [-0.15, -0.1) is 0 Å². The van der Waals surface area contributed by atoms with Crippen LogP contribution in [0.4, 0.5) is 5.82 Å². The number of carbonyl (C=O) groups excluding carboxylic acids is 1. The fourth-order valence-corrected chi connectivity index (χ4v) is 5.38. The van der Waals surface area contributed by atoms with Crippen LogP contribution >= 0.6 is 0 Å². The van der Waals surface area contributed by atoms with Gasteiger partial charge in [0.15, 0.2) is 0 Å². The van der Waals surface area contributed by atoms with Crippen LogP contribution in [0, 0.1) is 11.8 Å². The highest BCUT2D eigenvalue weighted by atomic mass is 16.3. The second kappa shape index (κ2) is 7.97. The maximum absolute atomic E-state index is 12.8. The zero-order valence-corrected chi connectivity index (χ0v) is 18.4. The molecule has 3 heterocycles. The molecular formula is C25H28N6O2. The number of nitrogens with zero attached hydrogens (tertiary/aromatic N) is 4. The molecule has 1 saturated heterocycles. The Morgan fingerprint density at radius 3 is 2.73 bits per heavy atom. The molecule has 2 fully saturated rings. The molecule has 2 aliphatic carbocycles. The van der Waals surface area contributed by atoms with E-state index in [1.807, 2.05) is 6.07 Å². The van der Waals surface area contributed by atoms with E-state index in [2.05, 4.69) is 44.6 Å². The van der Waals surface area contributed by atoms with Crippen LogP contribution < -0.4 is 11.1 Å². The number of pyridine rings is 1. The third-order valence-electron chi connectivity index (χ3n) is 7.34. The first kappa shape index (κ1) is 20.4. The van der Waals surface area contributed by atoms with Crippen molar-refractivity contribution in [1.82, 2.24) is 25.0 Å². The van der Waals surface area contributed by atoms with Gasteiger partial charge in [-0.1, -0.05) is 24.3 Å². The van der Waals surface area contributed by atoms with Gasteiger partial charge >= 0.3 is 0 Å². The Labute approximate surface area is 192 Å². The number of rotatable bonds is 6. The molecule has 4 atom stereocenters. The van der Waals surface area contributed by atoms with Gasteiger partial charge in [0.1, 0.15) is 12.0 Å². The molecule has 4 unspecified atom stereocenters. The summed E-state index contributed by atoms with van der Waals surface area (Å²) in [4.78, 5) is 19.1. The molecule has 33 heavy (non-hydrogen) atoms. The fourth-order valence-electron chi connectivity index (χ4n) is 5.38. The van der Waals surface area contributed by atoms with Gasteiger partial charge in [-0.25, -0.2) is 4.98 Å². The summed E-state index contributed by atoms with van der Waals surface area (Å²) < 4.78 is 1.78. The van der Waals surface area contributed by atoms with Crippen LogP contribution in [0.5, 0.6) is 0 Å². The van der Waals surface area contributed by atoms with Gasteiger partial charge in [-0.2, -0.15) is 5.10 Å². The van der Waals surface area contributed by atoms with Gasteiger partial charge in [-0.05, 0) is 53.5 Å². The normalized spacial score (nSPS) is 25.6. The number of benzene rings is 1. The van der Waals surface area contributed by atoms with Crippen LogP contribution in [0.2, 0.25) is 0 Å². The number of likely N-dealkylation sites (tertiary alicyclic amines) is 1. The second-order valence-electron chi connectivity index (χ2n) is 9.57. The number of nitrogens with two attached hydrogens (primary N) is 1. The van der Waals surface area contributed by atoms with Crippen LogP contribution in [-0.2, 0) is 19.5 Å². The Hall–Kier alpha value is -3.23. The van der Waals surface area contributed by atoms with Crippen molar-refractivity contribution in [2.45, 2.75) is 44.6 Å². The Kier molecular flexibility index (Phi) is 4.92. The molecule has 4 N–H and O–H groups in total. The molecular weight excluding hydrogens is 416 g/mol. The lowest BCUT2D eigenvalue weighted by molar-refractivity contribution is 0.00951. The summed E-state index contributed by atoms with van der Waals surface area (Å²) in [5, 5.41) is 17.8. The van der Waals surface area contributed by atoms with Gasteiger partial charge in [0.05, 0.1) is 24.3 Å². The van der Waals surface area contributed by atoms with Crippen LogP contribution in [0.25, 0.3) is 0 Å². The largest absolute Gasteiger partial charge is 0.383 e. The predicted molar refractivity (Wildman–Crippen MR) is 123 cm³/mol. The Bertz CT molecular complexity index is 1190. The van der Waals surface area contributed by atoms with Crippen LogP contribution in [0.3, 0.4) is 0 Å². The van der Waals surface area contributed by atoms with Gasteiger partial charge in [0.2, 0.25) is 0 Å². The van der Waals surface area contributed by atoms with E-state index in [9.17, 15) is 9.90 Å². The van der Waals surface area contributed by atoms with E-state index in [-0.39, 0.29) is 18.2 Å². The number of anilines is 1. The Morgan fingerprint density at radius 2 is 1.97 bits per heavy atom. The van der Waals surface area contributed by atoms with Crippen molar-refractivity contribution in [2.24, 2.45) is 11.8 Å². The molecule has 0 spiro atoms. The molecule has 2 aromatic heterocycles. The van der Waals surface area contributed by atoms with Crippen molar-refractivity contribution in [3.8, 4) is 0 Å². The number of amides is 1. The maximum Gasteiger partial charge on any atom is 0.254 e. The summed E-state index contributed by atoms with van der Waals surface area (Å²) in [5.41, 5.74) is 10.9. The fraction of sp³-hybridized carbons (Fsp3) is 0.400. The summed E-state index contributed by atoms with van der Waals surface area (Å²) >= 11 is 0. The first-order chi connectivity index (χ1) is 16.0. The van der Waals surface area contributed by atoms with E-state index in [1.165, 1.54) is 12.0 Å². The van der Waals surface area contributed by atoms with Crippen molar-refractivity contribution in [1.29, 1.82) is 0 Å². The van der Waals surface area contributed by atoms with Gasteiger partial charge in [0.25, 0.3) is 5.91 Å². The van der Waals surface area contributed by atoms with Crippen LogP contribution in [0.15, 0.2) is 48.9 Å². The number of carbonyl (C=O) groups is 1. The van der Waals surface area contributed by atoms with Gasteiger partial charge in [-0.3, -0.25) is 14.4 Å². The summed E-state index contributed by atoms with van der Waals surface area (Å²) in [6, 6.07) is 10.3. The SMILES string of the molecule is Nc1nccc2c1CCC2NC(=O)c1cnn(Cc2ccc(CN3CC4CC4C3O)cc2)c1. The Morgan fingerprint density at radius 1 is 1.18 bits per heavy atom. The average molecular weight is 445 g/mol. The minimum atomic E-state index is -0.282. The molecule has 0 radical (unpaired) electrons. The lowest BCUT2D eigenvalue weighted by Gasteiger charge is -2.22. The second-order valence-corrected chi connectivity index (χ2v) is 9.57. The highest BCUT2D eigenvalue weighted by molar-refractivity contribution is 5.94. The molecule has 1 aliphatic heterocycles.